The first-order valence-electron chi connectivity index (χ1n) is 11.1. The second kappa shape index (κ2) is 9.69. The van der Waals surface area contributed by atoms with E-state index in [2.05, 4.69) is 22.3 Å². The first-order valence-corrected chi connectivity index (χ1v) is 11.1. The first-order chi connectivity index (χ1) is 15.6. The molecular weight excluding hydrogens is 408 g/mol. The molecule has 0 saturated carbocycles. The molecule has 1 N–H and O–H groups in total. The minimum atomic E-state index is -0.114. The Labute approximate surface area is 189 Å². The zero-order valence-electron chi connectivity index (χ0n) is 19.2. The summed E-state index contributed by atoms with van der Waals surface area (Å²) in [5.74, 6) is 2.20. The minimum Gasteiger partial charge on any atom is -0.497 e. The van der Waals surface area contributed by atoms with Gasteiger partial charge in [-0.2, -0.15) is 0 Å². The topological polar surface area (TPSA) is 69.3 Å². The maximum Gasteiger partial charge on any atom is 0.251 e. The fraction of sp³-hybridized carbons (Fsp3) is 0.480. The Hall–Kier alpha value is -2.93. The van der Waals surface area contributed by atoms with Crippen LogP contribution in [-0.2, 0) is 6.54 Å². The van der Waals surface area contributed by atoms with E-state index in [0.717, 1.165) is 25.1 Å². The smallest absolute Gasteiger partial charge is 0.251 e. The first kappa shape index (κ1) is 22.3. The second-order valence-corrected chi connectivity index (χ2v) is 8.46. The number of hydrogen-bond donors (Lipinski definition) is 1. The van der Waals surface area contributed by atoms with E-state index in [1.165, 1.54) is 18.4 Å². The molecule has 32 heavy (non-hydrogen) atoms. The third-order valence-electron chi connectivity index (χ3n) is 6.67. The van der Waals surface area contributed by atoms with Crippen LogP contribution >= 0.6 is 0 Å². The van der Waals surface area contributed by atoms with Gasteiger partial charge in [0.25, 0.3) is 5.91 Å². The average Bonchev–Trinajstić information content (AvgIpc) is 3.05. The van der Waals surface area contributed by atoms with Gasteiger partial charge in [-0.05, 0) is 55.5 Å². The van der Waals surface area contributed by atoms with E-state index in [-0.39, 0.29) is 11.9 Å². The van der Waals surface area contributed by atoms with E-state index < -0.39 is 0 Å². The number of ether oxygens (including phenoxy) is 4. The van der Waals surface area contributed by atoms with Crippen molar-refractivity contribution in [1.29, 1.82) is 0 Å². The third kappa shape index (κ3) is 4.48. The van der Waals surface area contributed by atoms with Gasteiger partial charge in [0, 0.05) is 30.2 Å². The van der Waals surface area contributed by atoms with Gasteiger partial charge in [0.15, 0.2) is 11.5 Å². The number of nitrogens with zero attached hydrogens (tertiary/aromatic N) is 1. The monoisotopic (exact) mass is 440 g/mol. The van der Waals surface area contributed by atoms with Gasteiger partial charge in [0.1, 0.15) is 5.75 Å². The number of fused-ring (bicyclic) bond motifs is 2. The maximum atomic E-state index is 13.0. The summed E-state index contributed by atoms with van der Waals surface area (Å²) in [7, 11) is 6.34. The summed E-state index contributed by atoms with van der Waals surface area (Å²) in [6.45, 7) is 0.937. The molecule has 0 aliphatic carbocycles. The van der Waals surface area contributed by atoms with Gasteiger partial charge in [-0.3, -0.25) is 9.69 Å². The van der Waals surface area contributed by atoms with Crippen molar-refractivity contribution in [2.75, 3.05) is 28.4 Å². The molecule has 2 aromatic carbocycles. The predicted octanol–water partition coefficient (Wildman–Crippen LogP) is 3.65. The van der Waals surface area contributed by atoms with Crippen molar-refractivity contribution in [2.45, 2.75) is 50.4 Å². The summed E-state index contributed by atoms with van der Waals surface area (Å²) in [6.07, 6.45) is 4.28. The van der Waals surface area contributed by atoms with Crippen LogP contribution in [0.1, 0.15) is 41.6 Å². The van der Waals surface area contributed by atoms with Crippen molar-refractivity contribution < 1.29 is 23.7 Å². The van der Waals surface area contributed by atoms with Crippen LogP contribution in [0, 0.1) is 0 Å². The summed E-state index contributed by atoms with van der Waals surface area (Å²) in [5, 5.41) is 3.24. The molecule has 2 aliphatic heterocycles. The summed E-state index contributed by atoms with van der Waals surface area (Å²) >= 11 is 0. The van der Waals surface area contributed by atoms with Crippen molar-refractivity contribution in [3.63, 3.8) is 0 Å². The summed E-state index contributed by atoms with van der Waals surface area (Å²) in [5.41, 5.74) is 1.80. The number of nitrogens with one attached hydrogen (secondary N) is 1. The maximum absolute atomic E-state index is 13.0. The van der Waals surface area contributed by atoms with E-state index >= 15 is 0 Å². The van der Waals surface area contributed by atoms with E-state index in [1.54, 1.807) is 40.6 Å². The number of carbonyl (C=O) groups excluding carboxylic acids is 1. The number of piperidine rings is 1. The predicted molar refractivity (Wildman–Crippen MR) is 122 cm³/mol. The van der Waals surface area contributed by atoms with Gasteiger partial charge < -0.3 is 24.3 Å². The molecule has 0 radical (unpaired) electrons. The van der Waals surface area contributed by atoms with E-state index in [1.807, 2.05) is 12.1 Å². The number of rotatable bonds is 8. The highest BCUT2D eigenvalue weighted by Gasteiger charge is 2.41. The quantitative estimate of drug-likeness (QED) is 0.676. The van der Waals surface area contributed by atoms with Gasteiger partial charge in [-0.15, -0.1) is 0 Å². The third-order valence-corrected chi connectivity index (χ3v) is 6.67. The highest BCUT2D eigenvalue weighted by atomic mass is 16.5. The van der Waals surface area contributed by atoms with Gasteiger partial charge in [0.2, 0.25) is 5.75 Å². The normalized spacial score (nSPS) is 22.3. The number of benzene rings is 2. The zero-order valence-corrected chi connectivity index (χ0v) is 19.2. The van der Waals surface area contributed by atoms with Crippen molar-refractivity contribution in [2.24, 2.45) is 0 Å². The molecule has 3 atom stereocenters. The zero-order chi connectivity index (χ0) is 22.7. The van der Waals surface area contributed by atoms with E-state index in [4.69, 9.17) is 18.9 Å². The van der Waals surface area contributed by atoms with Crippen molar-refractivity contribution in [1.82, 2.24) is 10.2 Å². The Morgan fingerprint density at radius 3 is 2.00 bits per heavy atom. The van der Waals surface area contributed by atoms with Crippen LogP contribution in [0.3, 0.4) is 0 Å². The van der Waals surface area contributed by atoms with Gasteiger partial charge >= 0.3 is 0 Å². The number of hydrogen-bond acceptors (Lipinski definition) is 6. The Balaban J connectivity index is 1.41. The van der Waals surface area contributed by atoms with Crippen molar-refractivity contribution >= 4 is 5.91 Å². The van der Waals surface area contributed by atoms with Crippen molar-refractivity contribution in [3.05, 3.63) is 47.5 Å². The van der Waals surface area contributed by atoms with Crippen LogP contribution in [0.15, 0.2) is 36.4 Å². The van der Waals surface area contributed by atoms with E-state index in [0.29, 0.717) is 34.9 Å². The number of methoxy groups -OCH3 is 4. The Bertz CT molecular complexity index is 907. The lowest BCUT2D eigenvalue weighted by Gasteiger charge is -2.39. The summed E-state index contributed by atoms with van der Waals surface area (Å²) in [4.78, 5) is 15.6. The van der Waals surface area contributed by atoms with Crippen LogP contribution in [0.2, 0.25) is 0 Å². The molecule has 2 aliphatic rings. The van der Waals surface area contributed by atoms with E-state index in [9.17, 15) is 4.79 Å². The van der Waals surface area contributed by atoms with Crippen LogP contribution in [0.25, 0.3) is 0 Å². The Kier molecular flexibility index (Phi) is 6.74. The molecule has 1 unspecified atom stereocenters. The van der Waals surface area contributed by atoms with Crippen molar-refractivity contribution in [3.8, 4) is 23.0 Å². The van der Waals surface area contributed by atoms with Gasteiger partial charge in [-0.1, -0.05) is 12.1 Å². The van der Waals surface area contributed by atoms with Crippen LogP contribution in [0.5, 0.6) is 23.0 Å². The lowest BCUT2D eigenvalue weighted by molar-refractivity contribution is 0.0827. The standard InChI is InChI=1S/C25H32N2O5/c1-29-21-9-5-16(6-10-21)15-27-19-7-8-20(27)14-18(13-19)26-25(28)17-11-22(30-2)24(32-4)23(12-17)31-3/h5-6,9-12,18-20H,7-8,13-15H2,1-4H3,(H,26,28)/t18?,19-,20+. The van der Waals surface area contributed by atoms with Crippen LogP contribution in [0.4, 0.5) is 0 Å². The average molecular weight is 441 g/mol. The minimum absolute atomic E-state index is 0.114. The summed E-state index contributed by atoms with van der Waals surface area (Å²) in [6, 6.07) is 12.8. The van der Waals surface area contributed by atoms with Crippen LogP contribution in [-0.4, -0.2) is 57.4 Å². The second-order valence-electron chi connectivity index (χ2n) is 8.46. The number of amides is 1. The number of carbonyl (C=O) groups is 1. The molecule has 2 fully saturated rings. The van der Waals surface area contributed by atoms with Gasteiger partial charge in [-0.25, -0.2) is 0 Å². The van der Waals surface area contributed by atoms with Gasteiger partial charge in [0.05, 0.1) is 28.4 Å². The molecule has 2 bridgehead atoms. The molecule has 2 aromatic rings. The molecule has 0 spiro atoms. The highest BCUT2D eigenvalue weighted by Crippen LogP contribution is 2.39. The Morgan fingerprint density at radius 2 is 1.50 bits per heavy atom. The molecule has 2 saturated heterocycles. The molecule has 7 nitrogen and oxygen atoms in total. The molecule has 172 valence electrons. The molecule has 7 heteroatoms. The fourth-order valence-electron chi connectivity index (χ4n) is 5.07. The highest BCUT2D eigenvalue weighted by molar-refractivity contribution is 5.95. The molecular formula is C25H32N2O5. The lowest BCUT2D eigenvalue weighted by atomic mass is 9.96. The fourth-order valence-corrected chi connectivity index (χ4v) is 5.07. The lowest BCUT2D eigenvalue weighted by Crippen LogP contribution is -2.50. The SMILES string of the molecule is COc1ccc(CN2[C@@H]3CC[C@H]2CC(NC(=O)c2cc(OC)c(OC)c(OC)c2)C3)cc1. The Morgan fingerprint density at radius 1 is 0.906 bits per heavy atom. The molecule has 4 rings (SSSR count). The van der Waals surface area contributed by atoms with Crippen LogP contribution < -0.4 is 24.3 Å². The summed E-state index contributed by atoms with van der Waals surface area (Å²) < 4.78 is 21.4. The molecule has 0 aromatic heterocycles. The largest absolute Gasteiger partial charge is 0.497 e. The molecule has 1 amide bonds. The molecule has 2 heterocycles.